The van der Waals surface area contributed by atoms with Crippen molar-refractivity contribution in [2.75, 3.05) is 18.0 Å². The fourth-order valence-electron chi connectivity index (χ4n) is 3.92. The molecule has 3 aromatic heterocycles. The van der Waals surface area contributed by atoms with E-state index in [4.69, 9.17) is 4.74 Å². The Bertz CT molecular complexity index is 1270. The monoisotopic (exact) mass is 455 g/mol. The number of halogens is 3. The van der Waals surface area contributed by atoms with Gasteiger partial charge in [0.05, 0.1) is 11.8 Å². The van der Waals surface area contributed by atoms with Gasteiger partial charge in [0.15, 0.2) is 5.82 Å². The highest BCUT2D eigenvalue weighted by molar-refractivity contribution is 5.60. The van der Waals surface area contributed by atoms with Gasteiger partial charge in [-0.2, -0.15) is 13.2 Å². The van der Waals surface area contributed by atoms with Crippen molar-refractivity contribution < 1.29 is 23.0 Å². The molecule has 0 amide bonds. The molecule has 0 radical (unpaired) electrons. The summed E-state index contributed by atoms with van der Waals surface area (Å²) < 4.78 is 47.0. The Balaban J connectivity index is 1.23. The van der Waals surface area contributed by atoms with E-state index in [1.807, 2.05) is 17.0 Å². The van der Waals surface area contributed by atoms with E-state index in [9.17, 15) is 18.3 Å². The molecule has 4 heterocycles. The molecular weight excluding hydrogens is 435 g/mol. The van der Waals surface area contributed by atoms with Crippen LogP contribution in [0.2, 0.25) is 0 Å². The standard InChI is InChI=1S/C23H20F3N5O2/c24-23(25,26)17-3-1-2-4-20(17)33-16-9-11-30(12-10-16)22-8-6-18(28-29-22)19-14-31-13-15(32)5-7-21(31)27-19/h1-8,13-14,16,32H,9-12H2. The Morgan fingerprint density at radius 1 is 0.909 bits per heavy atom. The van der Waals surface area contributed by atoms with Crippen LogP contribution in [0.15, 0.2) is 60.9 Å². The zero-order valence-electron chi connectivity index (χ0n) is 17.4. The average molecular weight is 455 g/mol. The van der Waals surface area contributed by atoms with E-state index < -0.39 is 11.7 Å². The third-order valence-corrected chi connectivity index (χ3v) is 5.60. The number of ether oxygens (including phenoxy) is 1. The molecule has 0 atom stereocenters. The number of aromatic nitrogens is 4. The van der Waals surface area contributed by atoms with Crippen molar-refractivity contribution in [1.29, 1.82) is 0 Å². The molecule has 5 rings (SSSR count). The summed E-state index contributed by atoms with van der Waals surface area (Å²) in [5.41, 5.74) is 1.16. The average Bonchev–Trinajstić information content (AvgIpc) is 3.23. The van der Waals surface area contributed by atoms with Gasteiger partial charge in [-0.3, -0.25) is 0 Å². The van der Waals surface area contributed by atoms with Crippen molar-refractivity contribution in [3.05, 3.63) is 66.5 Å². The van der Waals surface area contributed by atoms with Gasteiger partial charge < -0.3 is 19.1 Å². The lowest BCUT2D eigenvalue weighted by Gasteiger charge is -2.33. The van der Waals surface area contributed by atoms with Crippen LogP contribution in [0.25, 0.3) is 17.0 Å². The fraction of sp³-hybridized carbons (Fsp3) is 0.261. The third kappa shape index (κ3) is 4.41. The predicted molar refractivity (Wildman–Crippen MR) is 115 cm³/mol. The second kappa shape index (κ2) is 8.27. The summed E-state index contributed by atoms with van der Waals surface area (Å²) in [5, 5.41) is 18.2. The van der Waals surface area contributed by atoms with Crippen LogP contribution in [0.3, 0.4) is 0 Å². The van der Waals surface area contributed by atoms with E-state index in [1.165, 1.54) is 12.1 Å². The number of aromatic hydroxyl groups is 1. The molecule has 1 aromatic carbocycles. The molecule has 33 heavy (non-hydrogen) atoms. The van der Waals surface area contributed by atoms with Gasteiger partial charge in [0.25, 0.3) is 0 Å². The van der Waals surface area contributed by atoms with E-state index in [2.05, 4.69) is 15.2 Å². The van der Waals surface area contributed by atoms with Crippen LogP contribution in [-0.2, 0) is 6.18 Å². The summed E-state index contributed by atoms with van der Waals surface area (Å²) in [7, 11) is 0. The van der Waals surface area contributed by atoms with Crippen molar-refractivity contribution in [3.8, 4) is 22.9 Å². The number of hydrogen-bond donors (Lipinski definition) is 1. The Morgan fingerprint density at radius 3 is 2.42 bits per heavy atom. The van der Waals surface area contributed by atoms with E-state index in [0.717, 1.165) is 6.07 Å². The van der Waals surface area contributed by atoms with Gasteiger partial charge in [0.1, 0.15) is 34.6 Å². The van der Waals surface area contributed by atoms with Gasteiger partial charge >= 0.3 is 6.18 Å². The van der Waals surface area contributed by atoms with Crippen molar-refractivity contribution >= 4 is 11.5 Å². The molecule has 1 saturated heterocycles. The van der Waals surface area contributed by atoms with Crippen molar-refractivity contribution in [2.24, 2.45) is 0 Å². The summed E-state index contributed by atoms with van der Waals surface area (Å²) >= 11 is 0. The van der Waals surface area contributed by atoms with Crippen LogP contribution in [0, 0.1) is 0 Å². The van der Waals surface area contributed by atoms with Crippen molar-refractivity contribution in [1.82, 2.24) is 19.6 Å². The SMILES string of the molecule is Oc1ccc2nc(-c3ccc(N4CCC(Oc5ccccc5C(F)(F)F)CC4)nn3)cn2c1. The number of fused-ring (bicyclic) bond motifs is 1. The highest BCUT2D eigenvalue weighted by atomic mass is 19.4. The number of rotatable bonds is 4. The predicted octanol–water partition coefficient (Wildman–Crippen LogP) is 4.56. The first-order valence-corrected chi connectivity index (χ1v) is 10.5. The van der Waals surface area contributed by atoms with E-state index in [-0.39, 0.29) is 17.6 Å². The molecular formula is C23H20F3N5O2. The van der Waals surface area contributed by atoms with Gasteiger partial charge in [0.2, 0.25) is 0 Å². The summed E-state index contributed by atoms with van der Waals surface area (Å²) in [6.45, 7) is 1.20. The lowest BCUT2D eigenvalue weighted by molar-refractivity contribution is -0.139. The number of hydrogen-bond acceptors (Lipinski definition) is 6. The Labute approximate surface area is 187 Å². The first kappa shape index (κ1) is 21.0. The minimum atomic E-state index is -4.45. The number of para-hydroxylation sites is 1. The molecule has 1 aliphatic rings. The number of benzene rings is 1. The summed E-state index contributed by atoms with van der Waals surface area (Å²) in [5.74, 6) is 0.699. The smallest absolute Gasteiger partial charge is 0.419 e. The molecule has 170 valence electrons. The van der Waals surface area contributed by atoms with E-state index >= 15 is 0 Å². The maximum absolute atomic E-state index is 13.2. The molecule has 7 nitrogen and oxygen atoms in total. The zero-order valence-corrected chi connectivity index (χ0v) is 17.4. The highest BCUT2D eigenvalue weighted by Crippen LogP contribution is 2.37. The Hall–Kier alpha value is -3.82. The number of pyridine rings is 1. The minimum Gasteiger partial charge on any atom is -0.506 e. The normalized spacial score (nSPS) is 15.2. The molecule has 0 unspecified atom stereocenters. The summed E-state index contributed by atoms with van der Waals surface area (Å²) in [6, 6.07) is 12.2. The van der Waals surface area contributed by atoms with Crippen LogP contribution < -0.4 is 9.64 Å². The molecule has 0 bridgehead atoms. The maximum Gasteiger partial charge on any atom is 0.419 e. The van der Waals surface area contributed by atoms with Gasteiger partial charge in [0, 0.05) is 32.1 Å². The Morgan fingerprint density at radius 2 is 1.70 bits per heavy atom. The number of imidazole rings is 1. The first-order valence-electron chi connectivity index (χ1n) is 10.5. The number of anilines is 1. The number of piperidine rings is 1. The first-order chi connectivity index (χ1) is 15.9. The second-order valence-corrected chi connectivity index (χ2v) is 7.85. The molecule has 1 N–H and O–H groups in total. The molecule has 0 saturated carbocycles. The largest absolute Gasteiger partial charge is 0.506 e. The maximum atomic E-state index is 13.2. The van der Waals surface area contributed by atoms with Crippen LogP contribution in [0.5, 0.6) is 11.5 Å². The summed E-state index contributed by atoms with van der Waals surface area (Å²) in [4.78, 5) is 6.52. The van der Waals surface area contributed by atoms with Crippen LogP contribution in [-0.4, -0.2) is 43.9 Å². The van der Waals surface area contributed by atoms with Gasteiger partial charge in [-0.1, -0.05) is 12.1 Å². The number of alkyl halides is 3. The second-order valence-electron chi connectivity index (χ2n) is 7.85. The quantitative estimate of drug-likeness (QED) is 0.486. The lowest BCUT2D eigenvalue weighted by Crippen LogP contribution is -2.39. The van der Waals surface area contributed by atoms with Crippen LogP contribution in [0.4, 0.5) is 19.0 Å². The minimum absolute atomic E-state index is 0.131. The number of nitrogens with zero attached hydrogens (tertiary/aromatic N) is 5. The van der Waals surface area contributed by atoms with E-state index in [1.54, 1.807) is 35.0 Å². The molecule has 1 fully saturated rings. The molecule has 10 heteroatoms. The van der Waals surface area contributed by atoms with Gasteiger partial charge in [-0.15, -0.1) is 10.2 Å². The van der Waals surface area contributed by atoms with E-state index in [0.29, 0.717) is 48.8 Å². The van der Waals surface area contributed by atoms with Crippen molar-refractivity contribution in [2.45, 2.75) is 25.1 Å². The molecule has 0 spiro atoms. The summed E-state index contributed by atoms with van der Waals surface area (Å²) in [6.07, 6.45) is -0.272. The topological polar surface area (TPSA) is 75.8 Å². The molecule has 0 aliphatic carbocycles. The highest BCUT2D eigenvalue weighted by Gasteiger charge is 2.35. The lowest BCUT2D eigenvalue weighted by atomic mass is 10.1. The van der Waals surface area contributed by atoms with Crippen LogP contribution >= 0.6 is 0 Å². The van der Waals surface area contributed by atoms with Gasteiger partial charge in [-0.25, -0.2) is 4.98 Å². The van der Waals surface area contributed by atoms with Crippen LogP contribution in [0.1, 0.15) is 18.4 Å². The Kier molecular flexibility index (Phi) is 5.27. The third-order valence-electron chi connectivity index (χ3n) is 5.60. The molecule has 4 aromatic rings. The van der Waals surface area contributed by atoms with Crippen molar-refractivity contribution in [3.63, 3.8) is 0 Å². The molecule has 1 aliphatic heterocycles. The van der Waals surface area contributed by atoms with Gasteiger partial charge in [-0.05, 0) is 36.4 Å². The zero-order chi connectivity index (χ0) is 23.0. The fourth-order valence-corrected chi connectivity index (χ4v) is 3.92.